The van der Waals surface area contributed by atoms with Crippen LogP contribution in [0.1, 0.15) is 30.1 Å². The van der Waals surface area contributed by atoms with E-state index in [1.807, 2.05) is 0 Å². The summed E-state index contributed by atoms with van der Waals surface area (Å²) in [5.41, 5.74) is 1.33. The molecule has 1 saturated heterocycles. The molecule has 144 valence electrons. The van der Waals surface area contributed by atoms with Crippen LogP contribution in [0.2, 0.25) is 0 Å². The van der Waals surface area contributed by atoms with Crippen LogP contribution in [0, 0.1) is 6.92 Å². The highest BCUT2D eigenvalue weighted by Crippen LogP contribution is 2.20. The molecule has 0 aromatic carbocycles. The molecule has 0 amide bonds. The Morgan fingerprint density at radius 1 is 1.27 bits per heavy atom. The highest BCUT2D eigenvalue weighted by atomic mass is 127. The first-order valence-electron chi connectivity index (χ1n) is 8.85. The lowest BCUT2D eigenvalue weighted by atomic mass is 10.3. The van der Waals surface area contributed by atoms with Gasteiger partial charge in [0.05, 0.1) is 6.54 Å². The van der Waals surface area contributed by atoms with Crippen molar-refractivity contribution in [2.75, 3.05) is 37.6 Å². The number of rotatable bonds is 5. The van der Waals surface area contributed by atoms with Gasteiger partial charge in [-0.15, -0.1) is 35.3 Å². The van der Waals surface area contributed by atoms with Gasteiger partial charge in [-0.05, 0) is 30.9 Å². The van der Waals surface area contributed by atoms with Crippen LogP contribution in [-0.4, -0.2) is 52.9 Å². The van der Waals surface area contributed by atoms with E-state index in [2.05, 4.69) is 56.7 Å². The zero-order chi connectivity index (χ0) is 17.6. The van der Waals surface area contributed by atoms with E-state index in [1.54, 1.807) is 11.3 Å². The number of nitrogens with zero attached hydrogens (tertiary/aromatic N) is 5. The van der Waals surface area contributed by atoms with Gasteiger partial charge in [-0.3, -0.25) is 0 Å². The molecule has 0 aliphatic carbocycles. The van der Waals surface area contributed by atoms with Crippen molar-refractivity contribution in [3.8, 4) is 0 Å². The Labute approximate surface area is 180 Å². The molecule has 0 spiro atoms. The van der Waals surface area contributed by atoms with E-state index >= 15 is 0 Å². The number of aliphatic imine (C=N–C) groups is 1. The van der Waals surface area contributed by atoms with E-state index in [4.69, 9.17) is 4.99 Å². The summed E-state index contributed by atoms with van der Waals surface area (Å²) in [4.78, 5) is 15.5. The first kappa shape index (κ1) is 21.4. The topological polar surface area (TPSA) is 56.7 Å². The lowest BCUT2D eigenvalue weighted by molar-refractivity contribution is 0.372. The fraction of sp³-hybridized carbons (Fsp3) is 0.588. The van der Waals surface area contributed by atoms with E-state index in [1.165, 1.54) is 22.0 Å². The molecule has 2 aromatic rings. The van der Waals surface area contributed by atoms with Crippen LogP contribution in [0.15, 0.2) is 16.4 Å². The molecule has 0 saturated carbocycles. The number of hydrogen-bond acceptors (Lipinski definition) is 6. The van der Waals surface area contributed by atoms with Crippen molar-refractivity contribution in [1.29, 1.82) is 0 Å². The van der Waals surface area contributed by atoms with Gasteiger partial charge < -0.3 is 15.1 Å². The average molecular weight is 506 g/mol. The Hall–Kier alpha value is -0.940. The van der Waals surface area contributed by atoms with Gasteiger partial charge in [0.15, 0.2) is 5.96 Å². The Morgan fingerprint density at radius 2 is 2.04 bits per heavy atom. The largest absolute Gasteiger partial charge is 0.357 e. The molecule has 1 aliphatic heterocycles. The third kappa shape index (κ3) is 5.29. The van der Waals surface area contributed by atoms with E-state index in [-0.39, 0.29) is 24.0 Å². The van der Waals surface area contributed by atoms with Gasteiger partial charge in [0, 0.05) is 55.6 Å². The van der Waals surface area contributed by atoms with Crippen LogP contribution in [0.3, 0.4) is 0 Å². The van der Waals surface area contributed by atoms with Gasteiger partial charge >= 0.3 is 0 Å². The molecule has 3 rings (SSSR count). The van der Waals surface area contributed by atoms with E-state index in [9.17, 15) is 0 Å². The zero-order valence-corrected chi connectivity index (χ0v) is 19.5. The summed E-state index contributed by atoms with van der Waals surface area (Å²) in [5, 5.41) is 6.62. The predicted molar refractivity (Wildman–Crippen MR) is 122 cm³/mol. The summed E-state index contributed by atoms with van der Waals surface area (Å²) in [5.74, 6) is 1.96. The quantitative estimate of drug-likeness (QED) is 0.383. The summed E-state index contributed by atoms with van der Waals surface area (Å²) in [6.07, 6.45) is 0.899. The Bertz CT molecular complexity index is 706. The lowest BCUT2D eigenvalue weighted by Gasteiger charge is -2.36. The Morgan fingerprint density at radius 3 is 2.62 bits per heavy atom. The summed E-state index contributed by atoms with van der Waals surface area (Å²) < 4.78 is 4.40. The minimum absolute atomic E-state index is 0. The maximum atomic E-state index is 4.85. The second-order valence-electron chi connectivity index (χ2n) is 6.02. The minimum atomic E-state index is 0. The van der Waals surface area contributed by atoms with Crippen LogP contribution in [0.5, 0.6) is 0 Å². The standard InChI is InChI=1S/C17H26N6S2.HI/c1-4-15-20-17(25-21-15)23-9-7-22(8-10-23)16(18-5-2)19-12-14-13(3)6-11-24-14;/h6,11H,4-5,7-10,12H2,1-3H3,(H,18,19);1H. The predicted octanol–water partition coefficient (Wildman–Crippen LogP) is 3.38. The van der Waals surface area contributed by atoms with Crippen molar-refractivity contribution < 1.29 is 0 Å². The molecule has 1 aliphatic rings. The van der Waals surface area contributed by atoms with Crippen LogP contribution in [0.25, 0.3) is 0 Å². The number of thiophene rings is 1. The van der Waals surface area contributed by atoms with E-state index in [0.717, 1.165) is 62.6 Å². The fourth-order valence-electron chi connectivity index (χ4n) is 2.76. The number of piperazine rings is 1. The average Bonchev–Trinajstić information content (AvgIpc) is 3.28. The third-order valence-corrected chi connectivity index (χ3v) is 6.12. The summed E-state index contributed by atoms with van der Waals surface area (Å²) in [6.45, 7) is 11.8. The highest BCUT2D eigenvalue weighted by Gasteiger charge is 2.22. The van der Waals surface area contributed by atoms with Crippen LogP contribution in [-0.2, 0) is 13.0 Å². The Kier molecular flexibility index (Phi) is 8.55. The van der Waals surface area contributed by atoms with Crippen LogP contribution in [0.4, 0.5) is 5.13 Å². The first-order valence-corrected chi connectivity index (χ1v) is 10.5. The van der Waals surface area contributed by atoms with Crippen molar-refractivity contribution in [2.45, 2.75) is 33.7 Å². The molecule has 6 nitrogen and oxygen atoms in total. The SMILES string of the molecule is CCNC(=NCc1sccc1C)N1CCN(c2nc(CC)ns2)CC1.I. The van der Waals surface area contributed by atoms with Crippen molar-refractivity contribution in [3.05, 3.63) is 27.7 Å². The maximum absolute atomic E-state index is 4.85. The number of hydrogen-bond donors (Lipinski definition) is 1. The molecule has 1 fully saturated rings. The van der Waals surface area contributed by atoms with Crippen LogP contribution < -0.4 is 10.2 Å². The van der Waals surface area contributed by atoms with Crippen molar-refractivity contribution in [2.24, 2.45) is 4.99 Å². The van der Waals surface area contributed by atoms with Gasteiger partial charge in [-0.1, -0.05) is 6.92 Å². The van der Waals surface area contributed by atoms with Gasteiger partial charge in [0.1, 0.15) is 5.82 Å². The summed E-state index contributed by atoms with van der Waals surface area (Å²) in [6, 6.07) is 2.16. The third-order valence-electron chi connectivity index (χ3n) is 4.30. The van der Waals surface area contributed by atoms with Crippen molar-refractivity contribution in [1.82, 2.24) is 19.6 Å². The van der Waals surface area contributed by atoms with Gasteiger partial charge in [-0.2, -0.15) is 4.37 Å². The number of anilines is 1. The first-order chi connectivity index (χ1) is 12.2. The molecule has 0 atom stereocenters. The molecular formula is C17H27IN6S2. The molecular weight excluding hydrogens is 479 g/mol. The second kappa shape index (κ2) is 10.4. The number of aromatic nitrogens is 2. The molecule has 3 heterocycles. The zero-order valence-electron chi connectivity index (χ0n) is 15.6. The summed E-state index contributed by atoms with van der Waals surface area (Å²) in [7, 11) is 0. The molecule has 2 aromatic heterocycles. The van der Waals surface area contributed by atoms with Crippen molar-refractivity contribution >= 4 is 57.9 Å². The van der Waals surface area contributed by atoms with Gasteiger partial charge in [0.2, 0.25) is 5.13 Å². The number of guanidine groups is 1. The van der Waals surface area contributed by atoms with E-state index < -0.39 is 0 Å². The monoisotopic (exact) mass is 506 g/mol. The molecule has 1 N–H and O–H groups in total. The minimum Gasteiger partial charge on any atom is -0.357 e. The Balaban J connectivity index is 0.00000243. The smallest absolute Gasteiger partial charge is 0.205 e. The fourth-order valence-corrected chi connectivity index (χ4v) is 4.40. The van der Waals surface area contributed by atoms with Gasteiger partial charge in [0.25, 0.3) is 0 Å². The highest BCUT2D eigenvalue weighted by molar-refractivity contribution is 14.0. The van der Waals surface area contributed by atoms with Crippen LogP contribution >= 0.6 is 46.8 Å². The number of halogens is 1. The van der Waals surface area contributed by atoms with E-state index in [0.29, 0.717) is 0 Å². The summed E-state index contributed by atoms with van der Waals surface area (Å²) >= 11 is 3.30. The maximum Gasteiger partial charge on any atom is 0.205 e. The van der Waals surface area contributed by atoms with Gasteiger partial charge in [-0.25, -0.2) is 9.98 Å². The molecule has 9 heteroatoms. The molecule has 0 unspecified atom stereocenters. The number of aryl methyl sites for hydroxylation is 2. The molecule has 0 radical (unpaired) electrons. The second-order valence-corrected chi connectivity index (χ2v) is 7.75. The molecule has 0 bridgehead atoms. The molecule has 26 heavy (non-hydrogen) atoms. The lowest BCUT2D eigenvalue weighted by Crippen LogP contribution is -2.52. The normalized spacial score (nSPS) is 15.1. The van der Waals surface area contributed by atoms with Crippen molar-refractivity contribution in [3.63, 3.8) is 0 Å². The number of nitrogens with one attached hydrogen (secondary N) is 1.